The zero-order chi connectivity index (χ0) is 12.8. The topological polar surface area (TPSA) is 27.7 Å². The minimum absolute atomic E-state index is 0.0637. The Morgan fingerprint density at radius 2 is 1.94 bits per heavy atom. The maximum Gasteiger partial charge on any atom is 0.118 e. The van der Waals surface area contributed by atoms with E-state index < -0.39 is 0 Å². The summed E-state index contributed by atoms with van der Waals surface area (Å²) in [6.07, 6.45) is 3.86. The van der Waals surface area contributed by atoms with E-state index in [2.05, 4.69) is 6.92 Å². The van der Waals surface area contributed by atoms with E-state index in [9.17, 15) is 0 Å². The van der Waals surface area contributed by atoms with Gasteiger partial charge in [-0.2, -0.15) is 0 Å². The van der Waals surface area contributed by atoms with Crippen LogP contribution in [-0.2, 0) is 9.47 Å². The summed E-state index contributed by atoms with van der Waals surface area (Å²) >= 11 is 0. The lowest BCUT2D eigenvalue weighted by molar-refractivity contribution is -0.137. The number of hydrogen-bond acceptors (Lipinski definition) is 3. The molecule has 100 valence electrons. The van der Waals surface area contributed by atoms with Gasteiger partial charge in [0.15, 0.2) is 0 Å². The highest BCUT2D eigenvalue weighted by Crippen LogP contribution is 2.25. The first-order chi connectivity index (χ1) is 8.83. The van der Waals surface area contributed by atoms with Gasteiger partial charge in [0.05, 0.1) is 26.4 Å². The highest BCUT2D eigenvalue weighted by atomic mass is 16.6. The summed E-state index contributed by atoms with van der Waals surface area (Å²) in [5.74, 6) is 0.872. The molecule has 18 heavy (non-hydrogen) atoms. The molecule has 0 saturated carbocycles. The van der Waals surface area contributed by atoms with Crippen LogP contribution in [0.1, 0.15) is 37.9 Å². The second-order valence-electron chi connectivity index (χ2n) is 4.69. The van der Waals surface area contributed by atoms with Crippen LogP contribution >= 0.6 is 0 Å². The van der Waals surface area contributed by atoms with Gasteiger partial charge in [0.2, 0.25) is 0 Å². The highest BCUT2D eigenvalue weighted by molar-refractivity contribution is 5.28. The van der Waals surface area contributed by atoms with Crippen molar-refractivity contribution in [1.29, 1.82) is 0 Å². The Morgan fingerprint density at radius 3 is 2.50 bits per heavy atom. The van der Waals surface area contributed by atoms with Crippen molar-refractivity contribution in [2.75, 3.05) is 20.3 Å². The molecule has 1 aliphatic rings. The second kappa shape index (κ2) is 6.76. The van der Waals surface area contributed by atoms with Crippen molar-refractivity contribution in [3.05, 3.63) is 29.8 Å². The van der Waals surface area contributed by atoms with Gasteiger partial charge in [-0.25, -0.2) is 0 Å². The summed E-state index contributed by atoms with van der Waals surface area (Å²) in [4.78, 5) is 0. The third-order valence-corrected chi connectivity index (χ3v) is 3.33. The summed E-state index contributed by atoms with van der Waals surface area (Å²) in [5.41, 5.74) is 1.16. The summed E-state index contributed by atoms with van der Waals surface area (Å²) in [6.45, 7) is 3.56. The van der Waals surface area contributed by atoms with E-state index in [0.717, 1.165) is 17.7 Å². The van der Waals surface area contributed by atoms with E-state index in [0.29, 0.717) is 13.2 Å². The van der Waals surface area contributed by atoms with Crippen molar-refractivity contribution in [3.8, 4) is 5.75 Å². The number of ether oxygens (including phenoxy) is 3. The fourth-order valence-corrected chi connectivity index (χ4v) is 2.15. The van der Waals surface area contributed by atoms with Gasteiger partial charge in [0.1, 0.15) is 11.9 Å². The van der Waals surface area contributed by atoms with Gasteiger partial charge in [-0.3, -0.25) is 0 Å². The molecule has 0 unspecified atom stereocenters. The molecule has 2 atom stereocenters. The van der Waals surface area contributed by atoms with Gasteiger partial charge in [0.25, 0.3) is 0 Å². The second-order valence-corrected chi connectivity index (χ2v) is 4.69. The maximum atomic E-state index is 5.88. The highest BCUT2D eigenvalue weighted by Gasteiger charge is 2.22. The molecule has 3 nitrogen and oxygen atoms in total. The zero-order valence-electron chi connectivity index (χ0n) is 11.2. The van der Waals surface area contributed by atoms with Crippen LogP contribution in [0.15, 0.2) is 24.3 Å². The van der Waals surface area contributed by atoms with Crippen LogP contribution in [0.3, 0.4) is 0 Å². The van der Waals surface area contributed by atoms with E-state index >= 15 is 0 Å². The molecule has 2 rings (SSSR count). The molecule has 1 aliphatic heterocycles. The van der Waals surface area contributed by atoms with E-state index in [1.54, 1.807) is 7.11 Å². The SMILES string of the molecule is CCCC[C@H]1CO[C@H](c2ccc(OC)cc2)CO1. The zero-order valence-corrected chi connectivity index (χ0v) is 11.2. The molecule has 1 heterocycles. The van der Waals surface area contributed by atoms with Crippen LogP contribution in [0.2, 0.25) is 0 Å². The predicted octanol–water partition coefficient (Wildman–Crippen LogP) is 3.34. The van der Waals surface area contributed by atoms with E-state index in [1.807, 2.05) is 24.3 Å². The molecule has 1 aromatic rings. The van der Waals surface area contributed by atoms with Crippen molar-refractivity contribution in [3.63, 3.8) is 0 Å². The molecular weight excluding hydrogens is 228 g/mol. The molecule has 0 aliphatic carbocycles. The van der Waals surface area contributed by atoms with Crippen LogP contribution in [-0.4, -0.2) is 26.4 Å². The van der Waals surface area contributed by atoms with E-state index in [4.69, 9.17) is 14.2 Å². The Hall–Kier alpha value is -1.06. The van der Waals surface area contributed by atoms with Crippen molar-refractivity contribution in [2.45, 2.75) is 38.4 Å². The van der Waals surface area contributed by atoms with Gasteiger partial charge < -0.3 is 14.2 Å². The Balaban J connectivity index is 1.84. The number of methoxy groups -OCH3 is 1. The van der Waals surface area contributed by atoms with Gasteiger partial charge >= 0.3 is 0 Å². The normalized spacial score (nSPS) is 23.9. The Bertz CT molecular complexity index is 339. The maximum absolute atomic E-state index is 5.88. The van der Waals surface area contributed by atoms with Crippen molar-refractivity contribution in [2.24, 2.45) is 0 Å². The van der Waals surface area contributed by atoms with Crippen LogP contribution in [0.4, 0.5) is 0 Å². The third kappa shape index (κ3) is 3.47. The molecule has 0 spiro atoms. The van der Waals surface area contributed by atoms with Crippen LogP contribution in [0, 0.1) is 0 Å². The number of benzene rings is 1. The lowest BCUT2D eigenvalue weighted by Crippen LogP contribution is -2.31. The first-order valence-electron chi connectivity index (χ1n) is 6.70. The van der Waals surface area contributed by atoms with Gasteiger partial charge in [0, 0.05) is 0 Å². The minimum atomic E-state index is 0.0637. The van der Waals surface area contributed by atoms with E-state index in [-0.39, 0.29) is 12.2 Å². The van der Waals surface area contributed by atoms with Crippen LogP contribution in [0.5, 0.6) is 5.75 Å². The first-order valence-corrected chi connectivity index (χ1v) is 6.70. The van der Waals surface area contributed by atoms with Gasteiger partial charge in [-0.15, -0.1) is 0 Å². The number of rotatable bonds is 5. The molecule has 0 aromatic heterocycles. The van der Waals surface area contributed by atoms with Gasteiger partial charge in [-0.05, 0) is 24.1 Å². The summed E-state index contributed by atoms with van der Waals surface area (Å²) in [5, 5.41) is 0. The van der Waals surface area contributed by atoms with Crippen molar-refractivity contribution < 1.29 is 14.2 Å². The van der Waals surface area contributed by atoms with Crippen LogP contribution < -0.4 is 4.74 Å². The average molecular weight is 250 g/mol. The molecule has 0 bridgehead atoms. The smallest absolute Gasteiger partial charge is 0.118 e. The summed E-state index contributed by atoms with van der Waals surface area (Å²) in [7, 11) is 1.67. The Morgan fingerprint density at radius 1 is 1.17 bits per heavy atom. The molecule has 1 fully saturated rings. The Labute approximate surface area is 109 Å². The lowest BCUT2D eigenvalue weighted by atomic mass is 10.1. The number of unbranched alkanes of at least 4 members (excludes halogenated alkanes) is 1. The Kier molecular flexibility index (Phi) is 5.02. The van der Waals surface area contributed by atoms with Crippen LogP contribution in [0.25, 0.3) is 0 Å². The molecular formula is C15H22O3. The molecule has 1 aromatic carbocycles. The first kappa shape index (κ1) is 13.4. The fourth-order valence-electron chi connectivity index (χ4n) is 2.15. The quantitative estimate of drug-likeness (QED) is 0.802. The molecule has 0 radical (unpaired) electrons. The monoisotopic (exact) mass is 250 g/mol. The third-order valence-electron chi connectivity index (χ3n) is 3.33. The fraction of sp³-hybridized carbons (Fsp3) is 0.600. The predicted molar refractivity (Wildman–Crippen MR) is 71.0 cm³/mol. The largest absolute Gasteiger partial charge is 0.497 e. The molecule has 0 N–H and O–H groups in total. The summed E-state index contributed by atoms with van der Waals surface area (Å²) < 4.78 is 16.9. The van der Waals surface area contributed by atoms with E-state index in [1.165, 1.54) is 12.8 Å². The van der Waals surface area contributed by atoms with Gasteiger partial charge in [-0.1, -0.05) is 31.9 Å². The number of hydrogen-bond donors (Lipinski definition) is 0. The molecule has 1 saturated heterocycles. The lowest BCUT2D eigenvalue weighted by Gasteiger charge is -2.29. The standard InChI is InChI=1S/C15H22O3/c1-3-4-5-14-10-18-15(11-17-14)12-6-8-13(16-2)9-7-12/h6-9,14-15H,3-5,10-11H2,1-2H3/t14-,15-/m0/s1. The van der Waals surface area contributed by atoms with Crippen molar-refractivity contribution >= 4 is 0 Å². The van der Waals surface area contributed by atoms with Crippen molar-refractivity contribution in [1.82, 2.24) is 0 Å². The molecule has 3 heteroatoms. The molecule has 0 amide bonds. The average Bonchev–Trinajstić information content (AvgIpc) is 2.46. The minimum Gasteiger partial charge on any atom is -0.497 e. The summed E-state index contributed by atoms with van der Waals surface area (Å²) in [6, 6.07) is 8.00.